The second-order valence-electron chi connectivity index (χ2n) is 15.7. The lowest BCUT2D eigenvalue weighted by molar-refractivity contribution is -0.191. The fourth-order valence-electron chi connectivity index (χ4n) is 10.6. The fraction of sp³-hybridized carbons (Fsp3) is 0.972. The third kappa shape index (κ3) is 6.44. The van der Waals surface area contributed by atoms with E-state index in [0.29, 0.717) is 5.41 Å². The second kappa shape index (κ2) is 13.4. The van der Waals surface area contributed by atoms with E-state index in [1.807, 2.05) is 0 Å². The maximum absolute atomic E-state index is 13.3. The summed E-state index contributed by atoms with van der Waals surface area (Å²) in [6.07, 6.45) is 20.5. The van der Waals surface area contributed by atoms with Crippen LogP contribution in [0.25, 0.3) is 0 Å². The first kappa shape index (κ1) is 31.7. The van der Waals surface area contributed by atoms with Gasteiger partial charge in [0.1, 0.15) is 6.10 Å². The maximum Gasteiger partial charge on any atom is 0.319 e. The molecule has 2 nitrogen and oxygen atoms in total. The van der Waals surface area contributed by atoms with Gasteiger partial charge in [-0.3, -0.25) is 4.79 Å². The minimum absolute atomic E-state index is 0.0325. The first-order chi connectivity index (χ1) is 18.5. The van der Waals surface area contributed by atoms with Gasteiger partial charge in [0, 0.05) is 5.41 Å². The minimum Gasteiger partial charge on any atom is -0.461 e. The van der Waals surface area contributed by atoms with Crippen LogP contribution >= 0.6 is 12.6 Å². The number of carbonyl (C=O) groups excluding carboxylic acids is 1. The van der Waals surface area contributed by atoms with Crippen LogP contribution in [0.15, 0.2) is 0 Å². The highest BCUT2D eigenvalue weighted by atomic mass is 32.1. The predicted octanol–water partition coefficient (Wildman–Crippen LogP) is 10.5. The van der Waals surface area contributed by atoms with Gasteiger partial charge in [0.05, 0.1) is 5.25 Å². The quantitative estimate of drug-likeness (QED) is 0.146. The van der Waals surface area contributed by atoms with Crippen molar-refractivity contribution in [1.29, 1.82) is 0 Å². The van der Waals surface area contributed by atoms with Gasteiger partial charge in [-0.2, -0.15) is 12.6 Å². The van der Waals surface area contributed by atoms with Crippen molar-refractivity contribution >= 4 is 18.6 Å². The Hall–Kier alpha value is -0.180. The van der Waals surface area contributed by atoms with E-state index in [2.05, 4.69) is 48.5 Å². The number of hydrogen-bond acceptors (Lipinski definition) is 3. The molecule has 0 spiro atoms. The Morgan fingerprint density at radius 3 is 2.36 bits per heavy atom. The molecule has 4 aliphatic carbocycles. The Balaban J connectivity index is 1.44. The molecule has 3 heteroatoms. The highest BCUT2D eigenvalue weighted by Crippen LogP contribution is 2.68. The van der Waals surface area contributed by atoms with Gasteiger partial charge in [0.2, 0.25) is 0 Å². The van der Waals surface area contributed by atoms with Gasteiger partial charge in [-0.15, -0.1) is 0 Å². The van der Waals surface area contributed by atoms with Gasteiger partial charge in [0.25, 0.3) is 0 Å². The Morgan fingerprint density at radius 2 is 1.64 bits per heavy atom. The Kier molecular flexibility index (Phi) is 10.9. The SMILES string of the molecule is CCCCCCC(S)C(=O)OC1CCC[C@@H]2CC[C@@H]3[C@@H]4CC[C@H]([C@H](C)CC[C@H](C)C(C)C)[C@@]4(C)CC[C@@H]3[C@@]12C. The van der Waals surface area contributed by atoms with Gasteiger partial charge in [-0.05, 0) is 117 Å². The number of ether oxygens (including phenoxy) is 1. The van der Waals surface area contributed by atoms with Gasteiger partial charge < -0.3 is 4.74 Å². The average Bonchev–Trinajstić information content (AvgIpc) is 3.27. The zero-order chi connectivity index (χ0) is 28.4. The second-order valence-corrected chi connectivity index (χ2v) is 16.4. The highest BCUT2D eigenvalue weighted by molar-refractivity contribution is 7.81. The molecule has 0 heterocycles. The molecule has 39 heavy (non-hydrogen) atoms. The number of hydrogen-bond donors (Lipinski definition) is 1. The molecule has 11 atom stereocenters. The van der Waals surface area contributed by atoms with E-state index < -0.39 is 0 Å². The Labute approximate surface area is 248 Å². The third-order valence-corrected chi connectivity index (χ3v) is 14.0. The van der Waals surface area contributed by atoms with Crippen LogP contribution in [0.4, 0.5) is 0 Å². The summed E-state index contributed by atoms with van der Waals surface area (Å²) in [6.45, 7) is 17.3. The average molecular weight is 561 g/mol. The molecule has 0 aliphatic heterocycles. The summed E-state index contributed by atoms with van der Waals surface area (Å²) in [5, 5.41) is -0.254. The number of esters is 1. The van der Waals surface area contributed by atoms with Crippen molar-refractivity contribution in [1.82, 2.24) is 0 Å². The fourth-order valence-corrected chi connectivity index (χ4v) is 10.9. The third-order valence-electron chi connectivity index (χ3n) is 13.5. The smallest absolute Gasteiger partial charge is 0.319 e. The van der Waals surface area contributed by atoms with Crippen LogP contribution in [0.3, 0.4) is 0 Å². The normalized spacial score (nSPS) is 40.3. The lowest BCUT2D eigenvalue weighted by atomic mass is 9.44. The first-order valence-electron chi connectivity index (χ1n) is 17.4. The maximum atomic E-state index is 13.3. The molecule has 0 N–H and O–H groups in total. The Bertz CT molecular complexity index is 795. The molecule has 4 saturated carbocycles. The summed E-state index contributed by atoms with van der Waals surface area (Å²) >= 11 is 4.72. The molecule has 226 valence electrons. The molecule has 0 radical (unpaired) electrons. The van der Waals surface area contributed by atoms with E-state index in [9.17, 15) is 4.79 Å². The molecule has 0 amide bonds. The van der Waals surface area contributed by atoms with E-state index in [4.69, 9.17) is 17.4 Å². The van der Waals surface area contributed by atoms with E-state index in [-0.39, 0.29) is 22.7 Å². The first-order valence-corrected chi connectivity index (χ1v) is 17.9. The molecule has 0 aromatic heterocycles. The van der Waals surface area contributed by atoms with Crippen LogP contribution in [0, 0.1) is 58.2 Å². The topological polar surface area (TPSA) is 26.3 Å². The predicted molar refractivity (Wildman–Crippen MR) is 169 cm³/mol. The van der Waals surface area contributed by atoms with Crippen molar-refractivity contribution in [2.75, 3.05) is 0 Å². The van der Waals surface area contributed by atoms with E-state index in [1.165, 1.54) is 83.5 Å². The summed E-state index contributed by atoms with van der Waals surface area (Å²) in [7, 11) is 0. The molecule has 0 aromatic rings. The zero-order valence-electron chi connectivity index (χ0n) is 26.9. The van der Waals surface area contributed by atoms with Crippen molar-refractivity contribution in [2.45, 2.75) is 163 Å². The minimum atomic E-state index is -0.254. The van der Waals surface area contributed by atoms with Crippen molar-refractivity contribution in [3.63, 3.8) is 0 Å². The molecule has 2 unspecified atom stereocenters. The highest BCUT2D eigenvalue weighted by Gasteiger charge is 2.62. The van der Waals surface area contributed by atoms with Crippen LogP contribution in [0.2, 0.25) is 0 Å². The van der Waals surface area contributed by atoms with Crippen LogP contribution in [0.1, 0.15) is 151 Å². The number of unbranched alkanes of at least 4 members (excludes halogenated alkanes) is 3. The molecular formula is C36H64O2S. The lowest BCUT2D eigenvalue weighted by Crippen LogP contribution is -2.58. The molecule has 0 saturated heterocycles. The van der Waals surface area contributed by atoms with Crippen molar-refractivity contribution in [3.8, 4) is 0 Å². The summed E-state index contributed by atoms with van der Waals surface area (Å²) in [5.74, 6) is 6.50. The number of rotatable bonds is 12. The van der Waals surface area contributed by atoms with Crippen molar-refractivity contribution < 1.29 is 9.53 Å². The van der Waals surface area contributed by atoms with Gasteiger partial charge >= 0.3 is 5.97 Å². The van der Waals surface area contributed by atoms with Gasteiger partial charge in [0.15, 0.2) is 0 Å². The van der Waals surface area contributed by atoms with Gasteiger partial charge in [-0.25, -0.2) is 0 Å². The van der Waals surface area contributed by atoms with Gasteiger partial charge in [-0.1, -0.05) is 87.0 Å². The number of fused-ring (bicyclic) bond motifs is 5. The molecule has 4 rings (SSSR count). The van der Waals surface area contributed by atoms with Crippen LogP contribution < -0.4 is 0 Å². The van der Waals surface area contributed by atoms with Crippen molar-refractivity contribution in [3.05, 3.63) is 0 Å². The standard InChI is InChI=1S/C36H64O2S/c1-8-9-10-11-14-32(39)34(37)38-33-15-12-13-27-18-19-28-30-21-20-29(26(5)17-16-25(4)24(2)3)35(30,6)23-22-31(28)36(27,33)7/h24-33,39H,8-23H2,1-7H3/t25-,26+,27+,28+,29+,30-,31-,32?,33?,35+,36-/m0/s1. The summed E-state index contributed by atoms with van der Waals surface area (Å²) in [4.78, 5) is 13.3. The summed E-state index contributed by atoms with van der Waals surface area (Å²) < 4.78 is 6.49. The molecule has 4 fully saturated rings. The van der Waals surface area contributed by atoms with Crippen LogP contribution in [-0.4, -0.2) is 17.3 Å². The van der Waals surface area contributed by atoms with Crippen molar-refractivity contribution in [2.24, 2.45) is 58.2 Å². The molecule has 0 bridgehead atoms. The number of carbonyl (C=O) groups is 1. The Morgan fingerprint density at radius 1 is 0.872 bits per heavy atom. The largest absolute Gasteiger partial charge is 0.461 e. The lowest BCUT2D eigenvalue weighted by Gasteiger charge is -2.62. The van der Waals surface area contributed by atoms with E-state index >= 15 is 0 Å². The molecule has 0 aromatic carbocycles. The molecular weight excluding hydrogens is 496 g/mol. The van der Waals surface area contributed by atoms with Crippen LogP contribution in [0.5, 0.6) is 0 Å². The van der Waals surface area contributed by atoms with Crippen LogP contribution in [-0.2, 0) is 9.53 Å². The monoisotopic (exact) mass is 560 g/mol. The zero-order valence-corrected chi connectivity index (χ0v) is 27.7. The summed E-state index contributed by atoms with van der Waals surface area (Å²) in [6, 6.07) is 0. The number of thiol groups is 1. The summed E-state index contributed by atoms with van der Waals surface area (Å²) in [5.41, 5.74) is 0.671. The van der Waals surface area contributed by atoms with E-state index in [1.54, 1.807) is 0 Å². The molecule has 4 aliphatic rings. The van der Waals surface area contributed by atoms with E-state index in [0.717, 1.165) is 66.6 Å².